The van der Waals surface area contributed by atoms with Crippen molar-refractivity contribution in [3.05, 3.63) is 53.2 Å². The van der Waals surface area contributed by atoms with Gasteiger partial charge >= 0.3 is 0 Å². The van der Waals surface area contributed by atoms with Gasteiger partial charge in [0.1, 0.15) is 6.07 Å². The molecular weight excluding hydrogens is 238 g/mol. The summed E-state index contributed by atoms with van der Waals surface area (Å²) in [6.07, 6.45) is 2.39. The molecule has 0 spiro atoms. The van der Waals surface area contributed by atoms with Gasteiger partial charge in [0.05, 0.1) is 11.8 Å². The highest BCUT2D eigenvalue weighted by Gasteiger charge is 2.02. The first-order chi connectivity index (χ1) is 9.33. The number of anilines is 1. The van der Waals surface area contributed by atoms with Crippen molar-refractivity contribution in [1.82, 2.24) is 10.2 Å². The number of benzene rings is 1. The Kier molecular flexibility index (Phi) is 4.43. The van der Waals surface area contributed by atoms with E-state index in [-0.39, 0.29) is 0 Å². The maximum absolute atomic E-state index is 8.94. The number of hydrogen-bond donors (Lipinski definition) is 2. The van der Waals surface area contributed by atoms with E-state index in [9.17, 15) is 0 Å². The zero-order valence-electron chi connectivity index (χ0n) is 10.5. The monoisotopic (exact) mass is 253 g/mol. The molecular formula is C14H15N5. The smallest absolute Gasteiger partial charge is 0.166 e. The van der Waals surface area contributed by atoms with E-state index in [0.717, 1.165) is 12.0 Å². The summed E-state index contributed by atoms with van der Waals surface area (Å²) in [6.45, 7) is 1.26. The van der Waals surface area contributed by atoms with Crippen molar-refractivity contribution in [2.24, 2.45) is 5.73 Å². The number of hydrogen-bond acceptors (Lipinski definition) is 5. The lowest BCUT2D eigenvalue weighted by atomic mass is 10.1. The highest BCUT2D eigenvalue weighted by molar-refractivity contribution is 5.50. The average Bonchev–Trinajstić information content (AvgIpc) is 2.47. The molecule has 0 atom stereocenters. The molecule has 5 nitrogen and oxygen atoms in total. The van der Waals surface area contributed by atoms with E-state index in [1.165, 1.54) is 11.8 Å². The van der Waals surface area contributed by atoms with Crippen molar-refractivity contribution in [3.63, 3.8) is 0 Å². The van der Waals surface area contributed by atoms with E-state index in [1.54, 1.807) is 6.07 Å². The van der Waals surface area contributed by atoms with E-state index in [4.69, 9.17) is 11.0 Å². The van der Waals surface area contributed by atoms with Gasteiger partial charge in [-0.3, -0.25) is 0 Å². The van der Waals surface area contributed by atoms with Crippen LogP contribution in [0.15, 0.2) is 36.5 Å². The predicted molar refractivity (Wildman–Crippen MR) is 73.3 cm³/mol. The van der Waals surface area contributed by atoms with E-state index in [2.05, 4.69) is 33.7 Å². The van der Waals surface area contributed by atoms with Crippen molar-refractivity contribution >= 4 is 5.82 Å². The molecule has 0 radical (unpaired) electrons. The largest absolute Gasteiger partial charge is 0.363 e. The molecule has 3 N–H and O–H groups in total. The van der Waals surface area contributed by atoms with Crippen LogP contribution in [0.4, 0.5) is 5.82 Å². The summed E-state index contributed by atoms with van der Waals surface area (Å²) < 4.78 is 0. The summed E-state index contributed by atoms with van der Waals surface area (Å²) >= 11 is 0. The van der Waals surface area contributed by atoms with Crippen LogP contribution < -0.4 is 11.1 Å². The molecule has 19 heavy (non-hydrogen) atoms. The first-order valence-electron chi connectivity index (χ1n) is 6.07. The standard InChI is InChI=1S/C14H15N5/c15-7-5-11-1-3-12(4-2-11)10-17-14-13(9-16)6-8-18-19-14/h1-4,6,8H,5,7,10,15H2,(H,17,19). The van der Waals surface area contributed by atoms with Crippen LogP contribution in [0, 0.1) is 11.3 Å². The van der Waals surface area contributed by atoms with Gasteiger partial charge in [-0.15, -0.1) is 5.10 Å². The van der Waals surface area contributed by atoms with Crippen LogP contribution in [-0.4, -0.2) is 16.7 Å². The summed E-state index contributed by atoms with van der Waals surface area (Å²) in [5.41, 5.74) is 8.35. The molecule has 2 rings (SSSR count). The number of rotatable bonds is 5. The van der Waals surface area contributed by atoms with Crippen molar-refractivity contribution in [3.8, 4) is 6.07 Å². The fraction of sp³-hybridized carbons (Fsp3) is 0.214. The van der Waals surface area contributed by atoms with Crippen LogP contribution >= 0.6 is 0 Å². The van der Waals surface area contributed by atoms with Crippen molar-refractivity contribution < 1.29 is 0 Å². The lowest BCUT2D eigenvalue weighted by Gasteiger charge is -2.07. The molecule has 2 aromatic rings. The van der Waals surface area contributed by atoms with Crippen LogP contribution in [0.3, 0.4) is 0 Å². The molecule has 0 aliphatic heterocycles. The summed E-state index contributed by atoms with van der Waals surface area (Å²) in [6, 6.07) is 11.9. The Balaban J connectivity index is 2.00. The summed E-state index contributed by atoms with van der Waals surface area (Å²) in [4.78, 5) is 0. The summed E-state index contributed by atoms with van der Waals surface area (Å²) in [5.74, 6) is 0.510. The molecule has 5 heteroatoms. The van der Waals surface area contributed by atoms with Gasteiger partial charge in [0.2, 0.25) is 0 Å². The van der Waals surface area contributed by atoms with Gasteiger partial charge in [0.15, 0.2) is 5.82 Å². The molecule has 0 bridgehead atoms. The van der Waals surface area contributed by atoms with Crippen LogP contribution in [0.25, 0.3) is 0 Å². The zero-order chi connectivity index (χ0) is 13.5. The Labute approximate surface area is 112 Å². The maximum atomic E-state index is 8.94. The Morgan fingerprint density at radius 3 is 2.58 bits per heavy atom. The fourth-order valence-corrected chi connectivity index (χ4v) is 1.73. The van der Waals surface area contributed by atoms with Gasteiger partial charge in [0.25, 0.3) is 0 Å². The average molecular weight is 253 g/mol. The van der Waals surface area contributed by atoms with E-state index in [0.29, 0.717) is 24.5 Å². The summed E-state index contributed by atoms with van der Waals surface area (Å²) in [7, 11) is 0. The second-order valence-corrected chi connectivity index (χ2v) is 4.11. The third-order valence-corrected chi connectivity index (χ3v) is 2.76. The molecule has 0 unspecified atom stereocenters. The van der Waals surface area contributed by atoms with Gasteiger partial charge in [-0.25, -0.2) is 0 Å². The topological polar surface area (TPSA) is 87.6 Å². The molecule has 96 valence electrons. The minimum Gasteiger partial charge on any atom is -0.363 e. The molecule has 1 aromatic carbocycles. The molecule has 0 saturated carbocycles. The second-order valence-electron chi connectivity index (χ2n) is 4.11. The SMILES string of the molecule is N#Cc1ccnnc1NCc1ccc(CCN)cc1. The number of nitrogens with two attached hydrogens (primary N) is 1. The molecule has 1 aromatic heterocycles. The third-order valence-electron chi connectivity index (χ3n) is 2.76. The Hall–Kier alpha value is -2.45. The minimum atomic E-state index is 0.495. The Bertz CT molecular complexity index is 571. The Morgan fingerprint density at radius 2 is 1.89 bits per heavy atom. The van der Waals surface area contributed by atoms with Crippen LogP contribution in [0.2, 0.25) is 0 Å². The number of aromatic nitrogens is 2. The molecule has 1 heterocycles. The van der Waals surface area contributed by atoms with Gasteiger partial charge in [-0.2, -0.15) is 10.4 Å². The summed E-state index contributed by atoms with van der Waals surface area (Å²) in [5, 5.41) is 19.7. The number of nitrogens with one attached hydrogen (secondary N) is 1. The molecule has 0 fully saturated rings. The molecule has 0 aliphatic rings. The van der Waals surface area contributed by atoms with Crippen molar-refractivity contribution in [2.75, 3.05) is 11.9 Å². The fourth-order valence-electron chi connectivity index (χ4n) is 1.73. The quantitative estimate of drug-likeness (QED) is 0.842. The van der Waals surface area contributed by atoms with Crippen LogP contribution in [-0.2, 0) is 13.0 Å². The number of nitrogens with zero attached hydrogens (tertiary/aromatic N) is 3. The van der Waals surface area contributed by atoms with Crippen LogP contribution in [0.1, 0.15) is 16.7 Å². The van der Waals surface area contributed by atoms with Gasteiger partial charge < -0.3 is 11.1 Å². The van der Waals surface area contributed by atoms with Gasteiger partial charge in [0, 0.05) is 6.54 Å². The van der Waals surface area contributed by atoms with Crippen molar-refractivity contribution in [1.29, 1.82) is 5.26 Å². The lowest BCUT2D eigenvalue weighted by molar-refractivity contribution is 0.963. The van der Waals surface area contributed by atoms with Crippen LogP contribution in [0.5, 0.6) is 0 Å². The highest BCUT2D eigenvalue weighted by atomic mass is 15.2. The molecule has 0 saturated heterocycles. The molecule has 0 aliphatic carbocycles. The predicted octanol–water partition coefficient (Wildman–Crippen LogP) is 1.46. The normalized spacial score (nSPS) is 9.89. The Morgan fingerprint density at radius 1 is 1.16 bits per heavy atom. The minimum absolute atomic E-state index is 0.495. The van der Waals surface area contributed by atoms with Crippen molar-refractivity contribution in [2.45, 2.75) is 13.0 Å². The number of nitriles is 1. The maximum Gasteiger partial charge on any atom is 0.166 e. The van der Waals surface area contributed by atoms with E-state index >= 15 is 0 Å². The highest BCUT2D eigenvalue weighted by Crippen LogP contribution is 2.11. The third kappa shape index (κ3) is 3.50. The first kappa shape index (κ1) is 13.0. The van der Waals surface area contributed by atoms with Gasteiger partial charge in [-0.1, -0.05) is 24.3 Å². The molecule has 0 amide bonds. The lowest BCUT2D eigenvalue weighted by Crippen LogP contribution is -2.05. The zero-order valence-corrected chi connectivity index (χ0v) is 10.5. The van der Waals surface area contributed by atoms with Gasteiger partial charge in [-0.05, 0) is 30.2 Å². The second kappa shape index (κ2) is 6.47. The first-order valence-corrected chi connectivity index (χ1v) is 6.07. The van der Waals surface area contributed by atoms with E-state index < -0.39 is 0 Å². The van der Waals surface area contributed by atoms with E-state index in [1.807, 2.05) is 12.1 Å².